The number of rotatable bonds is 7. The SMILES string of the molecule is Cc1ccc(Cn2nc(C)c(CCC(=O)N3CCN(Cc4ccco4)CC3)c2C)cc1. The van der Waals surface area contributed by atoms with Crippen molar-refractivity contribution < 1.29 is 9.21 Å². The van der Waals surface area contributed by atoms with E-state index in [0.29, 0.717) is 6.42 Å². The molecular weight excluding hydrogens is 388 g/mol. The molecule has 6 heteroatoms. The fourth-order valence-electron chi connectivity index (χ4n) is 4.28. The van der Waals surface area contributed by atoms with Crippen LogP contribution in [-0.4, -0.2) is 51.7 Å². The number of nitrogens with zero attached hydrogens (tertiary/aromatic N) is 4. The minimum atomic E-state index is 0.239. The zero-order chi connectivity index (χ0) is 21.8. The Labute approximate surface area is 184 Å². The van der Waals surface area contributed by atoms with E-state index in [1.54, 1.807) is 6.26 Å². The summed E-state index contributed by atoms with van der Waals surface area (Å²) < 4.78 is 7.50. The molecule has 0 N–H and O–H groups in total. The molecule has 1 aromatic carbocycles. The number of carbonyl (C=O) groups is 1. The molecule has 0 saturated carbocycles. The van der Waals surface area contributed by atoms with Gasteiger partial charge in [-0.2, -0.15) is 5.10 Å². The summed E-state index contributed by atoms with van der Waals surface area (Å²) in [5, 5.41) is 4.74. The van der Waals surface area contributed by atoms with Crippen LogP contribution in [0.5, 0.6) is 0 Å². The van der Waals surface area contributed by atoms with E-state index in [4.69, 9.17) is 9.52 Å². The zero-order valence-corrected chi connectivity index (χ0v) is 18.8. The Morgan fingerprint density at radius 2 is 1.74 bits per heavy atom. The van der Waals surface area contributed by atoms with Crippen molar-refractivity contribution in [2.24, 2.45) is 0 Å². The summed E-state index contributed by atoms with van der Waals surface area (Å²) in [7, 11) is 0. The van der Waals surface area contributed by atoms with Crippen molar-refractivity contribution in [3.8, 4) is 0 Å². The second-order valence-electron chi connectivity index (χ2n) is 8.53. The number of furan rings is 1. The van der Waals surface area contributed by atoms with E-state index >= 15 is 0 Å². The van der Waals surface area contributed by atoms with Crippen LogP contribution in [-0.2, 0) is 24.3 Å². The molecule has 1 aliphatic rings. The summed E-state index contributed by atoms with van der Waals surface area (Å²) in [6.45, 7) is 11.2. The van der Waals surface area contributed by atoms with Crippen LogP contribution >= 0.6 is 0 Å². The van der Waals surface area contributed by atoms with Gasteiger partial charge < -0.3 is 9.32 Å². The van der Waals surface area contributed by atoms with Crippen molar-refractivity contribution in [2.75, 3.05) is 26.2 Å². The summed E-state index contributed by atoms with van der Waals surface area (Å²) >= 11 is 0. The Bertz CT molecular complexity index is 997. The van der Waals surface area contributed by atoms with Crippen LogP contribution in [0.1, 0.15) is 40.3 Å². The van der Waals surface area contributed by atoms with Crippen LogP contribution in [0.15, 0.2) is 47.1 Å². The normalized spacial score (nSPS) is 14.9. The lowest BCUT2D eigenvalue weighted by Gasteiger charge is -2.34. The number of hydrogen-bond donors (Lipinski definition) is 0. The predicted octanol–water partition coefficient (Wildman–Crippen LogP) is 3.73. The highest BCUT2D eigenvalue weighted by Gasteiger charge is 2.22. The van der Waals surface area contributed by atoms with Gasteiger partial charge in [0.25, 0.3) is 0 Å². The van der Waals surface area contributed by atoms with Gasteiger partial charge in [-0.05, 0) is 50.5 Å². The van der Waals surface area contributed by atoms with Gasteiger partial charge in [-0.15, -0.1) is 0 Å². The van der Waals surface area contributed by atoms with E-state index < -0.39 is 0 Å². The Kier molecular flexibility index (Phi) is 6.56. The molecule has 4 rings (SSSR count). The molecule has 0 unspecified atom stereocenters. The van der Waals surface area contributed by atoms with Gasteiger partial charge in [0.1, 0.15) is 5.76 Å². The number of amides is 1. The van der Waals surface area contributed by atoms with Crippen molar-refractivity contribution in [1.29, 1.82) is 0 Å². The third kappa shape index (κ3) is 5.25. The number of carbonyl (C=O) groups excluding carboxylic acids is 1. The minimum Gasteiger partial charge on any atom is -0.468 e. The molecule has 0 atom stereocenters. The van der Waals surface area contributed by atoms with Crippen LogP contribution < -0.4 is 0 Å². The first-order valence-electron chi connectivity index (χ1n) is 11.1. The van der Waals surface area contributed by atoms with Gasteiger partial charge in [-0.3, -0.25) is 14.4 Å². The molecule has 164 valence electrons. The van der Waals surface area contributed by atoms with Gasteiger partial charge in [-0.25, -0.2) is 0 Å². The second kappa shape index (κ2) is 9.52. The van der Waals surface area contributed by atoms with E-state index in [1.165, 1.54) is 16.7 Å². The van der Waals surface area contributed by atoms with E-state index in [1.807, 2.05) is 24.0 Å². The number of benzene rings is 1. The molecule has 0 radical (unpaired) electrons. The largest absolute Gasteiger partial charge is 0.468 e. The van der Waals surface area contributed by atoms with E-state index in [2.05, 4.69) is 47.7 Å². The van der Waals surface area contributed by atoms with E-state index in [9.17, 15) is 4.79 Å². The topological polar surface area (TPSA) is 54.5 Å². The summed E-state index contributed by atoms with van der Waals surface area (Å²) in [5.74, 6) is 1.22. The van der Waals surface area contributed by atoms with Crippen LogP contribution in [0, 0.1) is 20.8 Å². The quantitative estimate of drug-likeness (QED) is 0.585. The predicted molar refractivity (Wildman–Crippen MR) is 121 cm³/mol. The molecule has 6 nitrogen and oxygen atoms in total. The van der Waals surface area contributed by atoms with Gasteiger partial charge in [0.2, 0.25) is 5.91 Å². The molecule has 1 fully saturated rings. The smallest absolute Gasteiger partial charge is 0.222 e. The second-order valence-corrected chi connectivity index (χ2v) is 8.53. The highest BCUT2D eigenvalue weighted by Crippen LogP contribution is 2.18. The van der Waals surface area contributed by atoms with Crippen LogP contribution in [0.3, 0.4) is 0 Å². The first-order valence-corrected chi connectivity index (χ1v) is 11.1. The maximum atomic E-state index is 12.8. The van der Waals surface area contributed by atoms with Gasteiger partial charge in [-0.1, -0.05) is 29.8 Å². The third-order valence-electron chi connectivity index (χ3n) is 6.26. The average Bonchev–Trinajstić information content (AvgIpc) is 3.37. The number of aryl methyl sites for hydroxylation is 2. The first kappa shape index (κ1) is 21.4. The Morgan fingerprint density at radius 3 is 2.42 bits per heavy atom. The molecule has 31 heavy (non-hydrogen) atoms. The summed E-state index contributed by atoms with van der Waals surface area (Å²) in [5.41, 5.74) is 5.90. The van der Waals surface area contributed by atoms with Gasteiger partial charge >= 0.3 is 0 Å². The van der Waals surface area contributed by atoms with Crippen molar-refractivity contribution in [1.82, 2.24) is 19.6 Å². The monoisotopic (exact) mass is 420 g/mol. The molecule has 0 bridgehead atoms. The van der Waals surface area contributed by atoms with Gasteiger partial charge in [0.15, 0.2) is 0 Å². The molecular formula is C25H32N4O2. The van der Waals surface area contributed by atoms with Crippen molar-refractivity contribution in [2.45, 2.75) is 46.7 Å². The number of aromatic nitrogens is 2. The number of piperazine rings is 1. The number of hydrogen-bond acceptors (Lipinski definition) is 4. The van der Waals surface area contributed by atoms with Crippen molar-refractivity contribution in [3.63, 3.8) is 0 Å². The zero-order valence-electron chi connectivity index (χ0n) is 18.8. The standard InChI is InChI=1S/C25H32N4O2/c1-19-6-8-22(9-7-19)17-29-21(3)24(20(2)26-29)10-11-25(30)28-14-12-27(13-15-28)18-23-5-4-16-31-23/h4-9,16H,10-15,17-18H2,1-3H3. The summed E-state index contributed by atoms with van der Waals surface area (Å²) in [6, 6.07) is 12.5. The molecule has 1 aliphatic heterocycles. The molecule has 3 heterocycles. The van der Waals surface area contributed by atoms with Crippen LogP contribution in [0.25, 0.3) is 0 Å². The first-order chi connectivity index (χ1) is 15.0. The minimum absolute atomic E-state index is 0.239. The van der Waals surface area contributed by atoms with Crippen molar-refractivity contribution in [3.05, 3.63) is 76.5 Å². The molecule has 3 aromatic rings. The lowest BCUT2D eigenvalue weighted by molar-refractivity contribution is -0.133. The fraction of sp³-hybridized carbons (Fsp3) is 0.440. The Hall–Kier alpha value is -2.86. The van der Waals surface area contributed by atoms with Crippen LogP contribution in [0.4, 0.5) is 0 Å². The highest BCUT2D eigenvalue weighted by molar-refractivity contribution is 5.76. The van der Waals surface area contributed by atoms with Crippen LogP contribution in [0.2, 0.25) is 0 Å². The third-order valence-corrected chi connectivity index (χ3v) is 6.26. The average molecular weight is 421 g/mol. The summed E-state index contributed by atoms with van der Waals surface area (Å²) in [6.07, 6.45) is 3.00. The van der Waals surface area contributed by atoms with Gasteiger partial charge in [0.05, 0.1) is 25.0 Å². The maximum Gasteiger partial charge on any atom is 0.222 e. The van der Waals surface area contributed by atoms with Gasteiger partial charge in [0, 0.05) is 38.3 Å². The molecule has 0 spiro atoms. The Morgan fingerprint density at radius 1 is 1.00 bits per heavy atom. The molecule has 1 saturated heterocycles. The highest BCUT2D eigenvalue weighted by atomic mass is 16.3. The Balaban J connectivity index is 1.29. The van der Waals surface area contributed by atoms with E-state index in [0.717, 1.165) is 62.8 Å². The molecule has 2 aromatic heterocycles. The van der Waals surface area contributed by atoms with Crippen molar-refractivity contribution >= 4 is 5.91 Å². The lowest BCUT2D eigenvalue weighted by Crippen LogP contribution is -2.48. The summed E-state index contributed by atoms with van der Waals surface area (Å²) in [4.78, 5) is 17.1. The lowest BCUT2D eigenvalue weighted by atomic mass is 10.1. The maximum absolute atomic E-state index is 12.8. The molecule has 0 aliphatic carbocycles. The van der Waals surface area contributed by atoms with E-state index in [-0.39, 0.29) is 5.91 Å². The molecule has 1 amide bonds. The fourth-order valence-corrected chi connectivity index (χ4v) is 4.28.